The second-order valence-electron chi connectivity index (χ2n) is 15.2. The van der Waals surface area contributed by atoms with Gasteiger partial charge >= 0.3 is 6.09 Å². The first-order chi connectivity index (χ1) is 24.1. The molecular weight excluding hydrogens is 665 g/mol. The molecule has 12 heteroatoms. The average molecular weight is 721 g/mol. The number of rotatable bonds is 14. The number of piperazine rings is 1. The van der Waals surface area contributed by atoms with Crippen molar-refractivity contribution in [1.82, 2.24) is 30.3 Å². The highest BCUT2D eigenvalue weighted by Gasteiger charge is 2.38. The summed E-state index contributed by atoms with van der Waals surface area (Å²) in [7, 11) is 1.54. The number of β-amino-alcohol motifs (C(OH)–C–C–N with tert-alkyl or cyclic N) is 1. The molecule has 1 aromatic heterocycles. The molecule has 1 saturated heterocycles. The zero-order valence-electron chi connectivity index (χ0n) is 31.3. The van der Waals surface area contributed by atoms with Crippen LogP contribution in [0.1, 0.15) is 70.5 Å². The topological polar surface area (TPSA) is 127 Å². The number of hydrogen-bond donors (Lipinski definition) is 3. The van der Waals surface area contributed by atoms with E-state index in [1.54, 1.807) is 5.38 Å². The van der Waals surface area contributed by atoms with Crippen LogP contribution in [0.4, 0.5) is 4.79 Å². The number of carbonyl (C=O) groups excluding carboxylic acids is 3. The van der Waals surface area contributed by atoms with Crippen molar-refractivity contribution in [2.45, 2.75) is 97.1 Å². The van der Waals surface area contributed by atoms with E-state index in [9.17, 15) is 19.5 Å². The molecular formula is C39H56N6O5S. The number of hydrogen-bond acceptors (Lipinski definition) is 9. The van der Waals surface area contributed by atoms with Crippen molar-refractivity contribution in [3.8, 4) is 5.88 Å². The normalized spacial score (nSPS) is 17.5. The van der Waals surface area contributed by atoms with Crippen LogP contribution >= 0.6 is 11.3 Å². The Hall–Kier alpha value is -3.84. The van der Waals surface area contributed by atoms with E-state index in [2.05, 4.69) is 32.7 Å². The van der Waals surface area contributed by atoms with E-state index in [4.69, 9.17) is 4.74 Å². The molecule has 2 heterocycles. The Kier molecular flexibility index (Phi) is 14.2. The highest BCUT2D eigenvalue weighted by Crippen LogP contribution is 2.24. The molecule has 2 aromatic carbocycles. The molecule has 3 amide bonds. The van der Waals surface area contributed by atoms with Crippen molar-refractivity contribution in [3.63, 3.8) is 0 Å². The second-order valence-corrected chi connectivity index (χ2v) is 16.1. The Morgan fingerprint density at radius 2 is 1.63 bits per heavy atom. The quantitative estimate of drug-likeness (QED) is 0.215. The third-order valence-corrected chi connectivity index (χ3v) is 10.1. The number of nitrogens with one attached hydrogen (secondary N) is 2. The van der Waals surface area contributed by atoms with Crippen molar-refractivity contribution < 1.29 is 24.2 Å². The van der Waals surface area contributed by atoms with E-state index in [1.807, 2.05) is 102 Å². The van der Waals surface area contributed by atoms with Crippen LogP contribution in [0.25, 0.3) is 0 Å². The minimum atomic E-state index is -1.02. The monoisotopic (exact) mass is 720 g/mol. The van der Waals surface area contributed by atoms with Gasteiger partial charge in [0.05, 0.1) is 22.5 Å². The van der Waals surface area contributed by atoms with Gasteiger partial charge in [0.2, 0.25) is 17.7 Å². The third-order valence-electron chi connectivity index (χ3n) is 8.93. The fourth-order valence-electron chi connectivity index (χ4n) is 6.35. The Morgan fingerprint density at radius 3 is 2.20 bits per heavy atom. The molecule has 0 aliphatic carbocycles. The van der Waals surface area contributed by atoms with Gasteiger partial charge < -0.3 is 20.5 Å². The molecule has 4 rings (SSSR count). The Labute approximate surface area is 307 Å². The molecule has 1 aliphatic heterocycles. The van der Waals surface area contributed by atoms with E-state index < -0.39 is 41.8 Å². The first kappa shape index (κ1) is 39.9. The Bertz CT molecular complexity index is 1560. The number of nitrogens with zero attached hydrogens (tertiary/aromatic N) is 4. The predicted octanol–water partition coefficient (Wildman–Crippen LogP) is 4.91. The molecule has 1 fully saturated rings. The Morgan fingerprint density at radius 1 is 1.00 bits per heavy atom. The first-order valence-electron chi connectivity index (χ1n) is 17.9. The molecule has 0 saturated carbocycles. The fraction of sp³-hybridized carbons (Fsp3) is 0.538. The van der Waals surface area contributed by atoms with Crippen LogP contribution < -0.4 is 15.4 Å². The second kappa shape index (κ2) is 18.1. The Balaban J connectivity index is 1.52. The number of thiazole rings is 1. The minimum Gasteiger partial charge on any atom is -0.390 e. The zero-order chi connectivity index (χ0) is 37.3. The molecule has 0 radical (unpaired) electrons. The van der Waals surface area contributed by atoms with Crippen LogP contribution in [-0.4, -0.2) is 106 Å². The maximum absolute atomic E-state index is 14.0. The first-order valence-corrected chi connectivity index (χ1v) is 18.7. The lowest BCUT2D eigenvalue weighted by atomic mass is 9.97. The smallest absolute Gasteiger partial charge is 0.390 e. The van der Waals surface area contributed by atoms with Crippen LogP contribution in [0.3, 0.4) is 0 Å². The van der Waals surface area contributed by atoms with Gasteiger partial charge in [-0.15, -0.1) is 11.3 Å². The van der Waals surface area contributed by atoms with Crippen LogP contribution in [0.5, 0.6) is 5.88 Å². The van der Waals surface area contributed by atoms with E-state index in [1.165, 1.54) is 28.8 Å². The van der Waals surface area contributed by atoms with E-state index in [0.717, 1.165) is 23.7 Å². The summed E-state index contributed by atoms with van der Waals surface area (Å²) in [5.41, 5.74) is 1.68. The molecule has 11 nitrogen and oxygen atoms in total. The van der Waals surface area contributed by atoms with Gasteiger partial charge in [0.1, 0.15) is 12.1 Å². The maximum atomic E-state index is 14.0. The maximum Gasteiger partial charge on any atom is 0.417 e. The van der Waals surface area contributed by atoms with Crippen LogP contribution in [0.2, 0.25) is 0 Å². The number of carbonyl (C=O) groups is 3. The fourth-order valence-corrected chi connectivity index (χ4v) is 7.09. The number of benzene rings is 2. The molecule has 4 atom stereocenters. The van der Waals surface area contributed by atoms with Gasteiger partial charge in [-0.1, -0.05) is 88.4 Å². The summed E-state index contributed by atoms with van der Waals surface area (Å²) in [6.07, 6.45) is -1.35. The number of aliphatic hydroxyl groups excluding tert-OH is 1. The van der Waals surface area contributed by atoms with Crippen molar-refractivity contribution in [2.75, 3.05) is 33.2 Å². The van der Waals surface area contributed by atoms with E-state index in [0.29, 0.717) is 19.5 Å². The van der Waals surface area contributed by atoms with E-state index >= 15 is 0 Å². The molecule has 0 spiro atoms. The summed E-state index contributed by atoms with van der Waals surface area (Å²) in [5.74, 6) is -0.364. The van der Waals surface area contributed by atoms with Crippen LogP contribution in [0, 0.1) is 5.92 Å². The average Bonchev–Trinajstić information content (AvgIpc) is 3.54. The summed E-state index contributed by atoms with van der Waals surface area (Å²) >= 11 is 1.42. The summed E-state index contributed by atoms with van der Waals surface area (Å²) in [4.78, 5) is 51.0. The van der Waals surface area contributed by atoms with Gasteiger partial charge in [-0.2, -0.15) is 0 Å². The number of likely N-dealkylation sites (N-methyl/N-ethyl adjacent to an activating group) is 1. The summed E-state index contributed by atoms with van der Waals surface area (Å²) in [6, 6.07) is 17.8. The van der Waals surface area contributed by atoms with Crippen LogP contribution in [0.15, 0.2) is 66.0 Å². The molecule has 278 valence electrons. The minimum absolute atomic E-state index is 0.100. The number of amides is 3. The van der Waals surface area contributed by atoms with Crippen LogP contribution in [-0.2, 0) is 22.6 Å². The highest BCUT2D eigenvalue weighted by molar-refractivity contribution is 7.09. The summed E-state index contributed by atoms with van der Waals surface area (Å²) in [6.45, 7) is 16.3. The van der Waals surface area contributed by atoms with Crippen molar-refractivity contribution in [1.29, 1.82) is 0 Å². The lowest BCUT2D eigenvalue weighted by Gasteiger charge is -2.43. The van der Waals surface area contributed by atoms with E-state index in [-0.39, 0.29) is 30.2 Å². The van der Waals surface area contributed by atoms with Crippen molar-refractivity contribution >= 4 is 29.2 Å². The van der Waals surface area contributed by atoms with Gasteiger partial charge in [-0.05, 0) is 44.2 Å². The number of aliphatic hydroxyl groups is 1. The molecule has 51 heavy (non-hydrogen) atoms. The van der Waals surface area contributed by atoms with Crippen molar-refractivity contribution in [2.24, 2.45) is 5.92 Å². The number of aromatic nitrogens is 1. The highest BCUT2D eigenvalue weighted by atomic mass is 32.1. The van der Waals surface area contributed by atoms with Gasteiger partial charge in [0.15, 0.2) is 0 Å². The molecule has 1 aliphatic rings. The SMILES string of the molecule is CC(C)c1nc(OC(=O)N(C)[C@H](C(=O)N[C@@H](Cc2ccccc2)[C@H](O)CN2CCN(Cc3ccccc3)C[C@H]2C(=O)NC(C)(C)C)C(C)C)cs1. The standard InChI is InChI=1S/C39H56N6O5S/c1-26(2)34(43(8)38(49)50-33-25-51-37(41-33)27(3)4)36(48)40-30(21-28-15-11-9-12-16-28)32(46)24-45-20-19-44(22-29-17-13-10-14-18-29)23-31(45)35(47)42-39(5,6)7/h9-18,25-27,30-32,34,46H,19-24H2,1-8H3,(H,40,48)(H,42,47)/t30-,31-,32+,34-/m0/s1. The lowest BCUT2D eigenvalue weighted by molar-refractivity contribution is -0.132. The predicted molar refractivity (Wildman–Crippen MR) is 202 cm³/mol. The van der Waals surface area contributed by atoms with Crippen molar-refractivity contribution in [3.05, 3.63) is 82.2 Å². The zero-order valence-corrected chi connectivity index (χ0v) is 32.2. The number of ether oxygens (including phenoxy) is 1. The van der Waals surface area contributed by atoms with Gasteiger partial charge in [0.25, 0.3) is 0 Å². The summed E-state index contributed by atoms with van der Waals surface area (Å²) in [5, 5.41) is 20.7. The van der Waals surface area contributed by atoms with Gasteiger partial charge in [-0.3, -0.25) is 24.3 Å². The molecule has 3 aromatic rings. The molecule has 0 bridgehead atoms. The third kappa shape index (κ3) is 11.8. The van der Waals surface area contributed by atoms with Gasteiger partial charge in [0, 0.05) is 51.2 Å². The largest absolute Gasteiger partial charge is 0.417 e. The lowest BCUT2D eigenvalue weighted by Crippen LogP contribution is -2.63. The molecule has 3 N–H and O–H groups in total. The molecule has 0 unspecified atom stereocenters. The summed E-state index contributed by atoms with van der Waals surface area (Å²) < 4.78 is 5.56. The van der Waals surface area contributed by atoms with Gasteiger partial charge in [-0.25, -0.2) is 9.78 Å².